The SMILES string of the molecule is CCCOc1ccc(/C=N\NC(=O)c2c(C)ccc3ccccc23)cc1Br. The highest BCUT2D eigenvalue weighted by atomic mass is 79.9. The molecule has 1 amide bonds. The zero-order chi connectivity index (χ0) is 19.2. The summed E-state index contributed by atoms with van der Waals surface area (Å²) in [7, 11) is 0. The lowest BCUT2D eigenvalue weighted by Gasteiger charge is -2.09. The molecule has 0 aliphatic rings. The maximum atomic E-state index is 12.7. The highest BCUT2D eigenvalue weighted by Gasteiger charge is 2.12. The van der Waals surface area contributed by atoms with Gasteiger partial charge in [0.05, 0.1) is 22.9 Å². The maximum Gasteiger partial charge on any atom is 0.272 e. The van der Waals surface area contributed by atoms with Crippen LogP contribution in [0.5, 0.6) is 5.75 Å². The van der Waals surface area contributed by atoms with E-state index in [4.69, 9.17) is 4.74 Å². The second-order valence-electron chi connectivity index (χ2n) is 6.22. The second kappa shape index (κ2) is 8.82. The Kier molecular flexibility index (Phi) is 6.24. The van der Waals surface area contributed by atoms with Crippen molar-refractivity contribution in [3.63, 3.8) is 0 Å². The van der Waals surface area contributed by atoms with Crippen molar-refractivity contribution < 1.29 is 9.53 Å². The number of fused-ring (bicyclic) bond motifs is 1. The summed E-state index contributed by atoms with van der Waals surface area (Å²) in [5.74, 6) is 0.576. The number of hydrogen-bond donors (Lipinski definition) is 1. The van der Waals surface area contributed by atoms with Crippen molar-refractivity contribution in [2.75, 3.05) is 6.61 Å². The molecule has 0 heterocycles. The number of rotatable bonds is 6. The molecule has 3 aromatic carbocycles. The zero-order valence-corrected chi connectivity index (χ0v) is 16.9. The third-order valence-corrected chi connectivity index (χ3v) is 4.78. The Bertz CT molecular complexity index is 999. The van der Waals surface area contributed by atoms with Gasteiger partial charge in [0.25, 0.3) is 5.91 Å². The average Bonchev–Trinajstić information content (AvgIpc) is 2.67. The quantitative estimate of drug-likeness (QED) is 0.421. The number of nitrogens with zero attached hydrogens (tertiary/aromatic N) is 1. The molecule has 3 aromatic rings. The number of carbonyl (C=O) groups is 1. The van der Waals surface area contributed by atoms with Crippen molar-refractivity contribution in [3.8, 4) is 5.75 Å². The van der Waals surface area contributed by atoms with Gasteiger partial charge >= 0.3 is 0 Å². The Morgan fingerprint density at radius 3 is 2.78 bits per heavy atom. The molecule has 1 N–H and O–H groups in total. The highest BCUT2D eigenvalue weighted by molar-refractivity contribution is 9.10. The predicted octanol–water partition coefficient (Wildman–Crippen LogP) is 5.46. The molecule has 138 valence electrons. The van der Waals surface area contributed by atoms with Crippen molar-refractivity contribution in [2.45, 2.75) is 20.3 Å². The van der Waals surface area contributed by atoms with E-state index < -0.39 is 0 Å². The van der Waals surface area contributed by atoms with Gasteiger partial charge in [-0.1, -0.05) is 43.3 Å². The van der Waals surface area contributed by atoms with Crippen molar-refractivity contribution in [2.24, 2.45) is 5.10 Å². The average molecular weight is 425 g/mol. The fraction of sp³-hybridized carbons (Fsp3) is 0.182. The van der Waals surface area contributed by atoms with Gasteiger partial charge in [0, 0.05) is 0 Å². The van der Waals surface area contributed by atoms with Crippen LogP contribution in [-0.2, 0) is 0 Å². The first kappa shape index (κ1) is 19.1. The number of hydrazone groups is 1. The van der Waals surface area contributed by atoms with E-state index in [1.54, 1.807) is 6.21 Å². The fourth-order valence-corrected chi connectivity index (χ4v) is 3.34. The minimum absolute atomic E-state index is 0.220. The largest absolute Gasteiger partial charge is 0.492 e. The van der Waals surface area contributed by atoms with Gasteiger partial charge in [0.15, 0.2) is 0 Å². The molecule has 0 radical (unpaired) electrons. The Labute approximate surface area is 167 Å². The van der Waals surface area contributed by atoms with Crippen LogP contribution in [0.2, 0.25) is 0 Å². The first-order valence-electron chi connectivity index (χ1n) is 8.84. The van der Waals surface area contributed by atoms with Crippen molar-refractivity contribution in [1.29, 1.82) is 0 Å². The van der Waals surface area contributed by atoms with Crippen LogP contribution in [0.1, 0.15) is 34.8 Å². The normalized spacial score (nSPS) is 11.1. The number of nitrogens with one attached hydrogen (secondary N) is 1. The minimum atomic E-state index is -0.220. The van der Waals surface area contributed by atoms with Crippen LogP contribution in [0.15, 0.2) is 64.2 Å². The summed E-state index contributed by atoms with van der Waals surface area (Å²) in [6, 6.07) is 17.5. The molecule has 0 unspecified atom stereocenters. The van der Waals surface area contributed by atoms with E-state index >= 15 is 0 Å². The van der Waals surface area contributed by atoms with Crippen LogP contribution >= 0.6 is 15.9 Å². The summed E-state index contributed by atoms with van der Waals surface area (Å²) in [4.78, 5) is 12.7. The summed E-state index contributed by atoms with van der Waals surface area (Å²) < 4.78 is 6.49. The van der Waals surface area contributed by atoms with Gasteiger partial charge in [-0.15, -0.1) is 0 Å². The van der Waals surface area contributed by atoms with Crippen LogP contribution in [0.3, 0.4) is 0 Å². The van der Waals surface area contributed by atoms with Crippen LogP contribution in [0.4, 0.5) is 0 Å². The first-order valence-corrected chi connectivity index (χ1v) is 9.63. The molecule has 27 heavy (non-hydrogen) atoms. The number of amides is 1. The van der Waals surface area contributed by atoms with Crippen LogP contribution < -0.4 is 10.2 Å². The maximum absolute atomic E-state index is 12.7. The smallest absolute Gasteiger partial charge is 0.272 e. The van der Waals surface area contributed by atoms with Gasteiger partial charge in [0.2, 0.25) is 0 Å². The molecular formula is C22H21BrN2O2. The number of aryl methyl sites for hydroxylation is 1. The molecule has 3 rings (SSSR count). The molecule has 0 fully saturated rings. The number of ether oxygens (including phenoxy) is 1. The Balaban J connectivity index is 1.74. The molecule has 0 aliphatic heterocycles. The first-order chi connectivity index (χ1) is 13.1. The van der Waals surface area contributed by atoms with Crippen molar-refractivity contribution in [1.82, 2.24) is 5.43 Å². The molecule has 0 bridgehead atoms. The lowest BCUT2D eigenvalue weighted by Crippen LogP contribution is -2.19. The minimum Gasteiger partial charge on any atom is -0.492 e. The monoisotopic (exact) mass is 424 g/mol. The molecule has 0 saturated heterocycles. The van der Waals surface area contributed by atoms with Gasteiger partial charge in [0.1, 0.15) is 5.75 Å². The topological polar surface area (TPSA) is 50.7 Å². The van der Waals surface area contributed by atoms with E-state index in [0.717, 1.165) is 38.5 Å². The second-order valence-corrected chi connectivity index (χ2v) is 7.07. The highest BCUT2D eigenvalue weighted by Crippen LogP contribution is 2.26. The summed E-state index contributed by atoms with van der Waals surface area (Å²) in [5.41, 5.74) is 5.06. The Hall–Kier alpha value is -2.66. The van der Waals surface area contributed by atoms with Gasteiger partial charge in [-0.3, -0.25) is 4.79 Å². The number of benzene rings is 3. The molecular weight excluding hydrogens is 404 g/mol. The fourth-order valence-electron chi connectivity index (χ4n) is 2.83. The lowest BCUT2D eigenvalue weighted by molar-refractivity contribution is 0.0956. The molecule has 0 atom stereocenters. The number of carbonyl (C=O) groups excluding carboxylic acids is 1. The van der Waals surface area contributed by atoms with E-state index in [1.807, 2.05) is 61.5 Å². The van der Waals surface area contributed by atoms with E-state index in [1.165, 1.54) is 0 Å². The van der Waals surface area contributed by atoms with Gasteiger partial charge in [-0.2, -0.15) is 5.10 Å². The number of hydrogen-bond acceptors (Lipinski definition) is 3. The van der Waals surface area contributed by atoms with E-state index in [9.17, 15) is 4.79 Å². The van der Waals surface area contributed by atoms with Gasteiger partial charge in [-0.25, -0.2) is 5.43 Å². The van der Waals surface area contributed by atoms with Crippen LogP contribution in [-0.4, -0.2) is 18.7 Å². The van der Waals surface area contributed by atoms with Gasteiger partial charge < -0.3 is 4.74 Å². The molecule has 0 aromatic heterocycles. The van der Waals surface area contributed by atoms with Gasteiger partial charge in [-0.05, 0) is 69.4 Å². The van der Waals surface area contributed by atoms with Crippen LogP contribution in [0.25, 0.3) is 10.8 Å². The summed E-state index contributed by atoms with van der Waals surface area (Å²) in [6.07, 6.45) is 2.57. The Morgan fingerprint density at radius 1 is 1.19 bits per heavy atom. The third kappa shape index (κ3) is 4.55. The third-order valence-electron chi connectivity index (χ3n) is 4.16. The molecule has 5 heteroatoms. The molecule has 4 nitrogen and oxygen atoms in total. The lowest BCUT2D eigenvalue weighted by atomic mass is 9.99. The molecule has 0 spiro atoms. The van der Waals surface area contributed by atoms with E-state index in [-0.39, 0.29) is 5.91 Å². The summed E-state index contributed by atoms with van der Waals surface area (Å²) in [5, 5.41) is 6.07. The van der Waals surface area contributed by atoms with E-state index in [2.05, 4.69) is 33.4 Å². The van der Waals surface area contributed by atoms with Crippen molar-refractivity contribution in [3.05, 3.63) is 75.8 Å². The van der Waals surface area contributed by atoms with Crippen LogP contribution in [0, 0.1) is 6.92 Å². The summed E-state index contributed by atoms with van der Waals surface area (Å²) in [6.45, 7) is 4.67. The van der Waals surface area contributed by atoms with Crippen molar-refractivity contribution >= 4 is 38.8 Å². The summed E-state index contributed by atoms with van der Waals surface area (Å²) >= 11 is 3.50. The number of halogens is 1. The standard InChI is InChI=1S/C22H21BrN2O2/c1-3-12-27-20-11-9-16(13-19(20)23)14-24-25-22(26)21-15(2)8-10-17-6-4-5-7-18(17)21/h4-11,13-14H,3,12H2,1-2H3,(H,25,26)/b24-14-. The molecule has 0 aliphatic carbocycles. The molecule has 0 saturated carbocycles. The predicted molar refractivity (Wildman–Crippen MR) is 114 cm³/mol. The Morgan fingerprint density at radius 2 is 2.00 bits per heavy atom. The zero-order valence-electron chi connectivity index (χ0n) is 15.3. The van der Waals surface area contributed by atoms with E-state index in [0.29, 0.717) is 12.2 Å².